The minimum atomic E-state index is -0.288. The topological polar surface area (TPSA) is 47.3 Å². The standard InChI is InChI=1S/C17H14Cl2N3O/c1-10(2)22-16(11-5-7-20-8-6-11)15(17(23)21-22)12-3-4-13(18)14(19)9-12/h3-10H,1-2H3. The Bertz CT molecular complexity index is 788. The predicted molar refractivity (Wildman–Crippen MR) is 91.6 cm³/mol. The molecule has 0 N–H and O–H groups in total. The predicted octanol–water partition coefficient (Wildman–Crippen LogP) is 4.03. The monoisotopic (exact) mass is 346 g/mol. The van der Waals surface area contributed by atoms with Crippen molar-refractivity contribution in [3.8, 4) is 0 Å². The van der Waals surface area contributed by atoms with Crippen LogP contribution in [-0.4, -0.2) is 21.9 Å². The zero-order valence-electron chi connectivity index (χ0n) is 12.6. The van der Waals surface area contributed by atoms with Gasteiger partial charge in [-0.15, -0.1) is 5.43 Å². The smallest absolute Gasteiger partial charge is 0.265 e. The molecular formula is C17H14Cl2N3O. The number of hydrogen-bond donors (Lipinski definition) is 0. The third kappa shape index (κ3) is 2.92. The van der Waals surface area contributed by atoms with Crippen LogP contribution in [0.25, 0.3) is 11.3 Å². The van der Waals surface area contributed by atoms with Crippen LogP contribution >= 0.6 is 23.2 Å². The van der Waals surface area contributed by atoms with Gasteiger partial charge in [0.05, 0.1) is 21.3 Å². The first-order chi connectivity index (χ1) is 11.0. The molecule has 0 fully saturated rings. The first-order valence-corrected chi connectivity index (χ1v) is 7.90. The van der Waals surface area contributed by atoms with Crippen LogP contribution in [0, 0.1) is 0 Å². The molecule has 0 bridgehead atoms. The molecule has 1 aromatic carbocycles. The van der Waals surface area contributed by atoms with Gasteiger partial charge in [-0.05, 0) is 43.7 Å². The second-order valence-corrected chi connectivity index (χ2v) is 6.25. The summed E-state index contributed by atoms with van der Waals surface area (Å²) in [4.78, 5) is 16.5. The third-order valence-corrected chi connectivity index (χ3v) is 4.27. The number of carbonyl (C=O) groups is 1. The largest absolute Gasteiger partial charge is 0.296 e. The van der Waals surface area contributed by atoms with E-state index in [1.165, 1.54) is 0 Å². The molecule has 117 valence electrons. The molecule has 0 saturated heterocycles. The normalized spacial score (nSPS) is 14.7. The molecule has 6 heteroatoms. The van der Waals surface area contributed by atoms with Crippen LogP contribution in [0.1, 0.15) is 25.0 Å². The van der Waals surface area contributed by atoms with E-state index in [0.29, 0.717) is 21.2 Å². The van der Waals surface area contributed by atoms with Crippen molar-refractivity contribution in [2.75, 3.05) is 0 Å². The van der Waals surface area contributed by atoms with E-state index in [1.807, 2.05) is 26.0 Å². The molecule has 1 aromatic heterocycles. The summed E-state index contributed by atoms with van der Waals surface area (Å²) in [6.07, 6.45) is 3.38. The van der Waals surface area contributed by atoms with Gasteiger partial charge in [0.25, 0.3) is 5.91 Å². The number of amides is 1. The Morgan fingerprint density at radius 2 is 1.70 bits per heavy atom. The van der Waals surface area contributed by atoms with Gasteiger partial charge in [0.15, 0.2) is 0 Å². The van der Waals surface area contributed by atoms with Crippen LogP contribution in [0.3, 0.4) is 0 Å². The molecule has 0 saturated carbocycles. The van der Waals surface area contributed by atoms with Crippen LogP contribution in [0.5, 0.6) is 0 Å². The molecule has 0 spiro atoms. The number of hydrogen-bond acceptors (Lipinski definition) is 3. The number of carbonyl (C=O) groups excluding carboxylic acids is 1. The molecule has 1 aliphatic rings. The van der Waals surface area contributed by atoms with Gasteiger partial charge >= 0.3 is 0 Å². The quantitative estimate of drug-likeness (QED) is 0.842. The van der Waals surface area contributed by atoms with Crippen molar-refractivity contribution < 1.29 is 4.79 Å². The van der Waals surface area contributed by atoms with E-state index in [1.54, 1.807) is 35.6 Å². The SMILES string of the molecule is CC(C)N1[N]C(=O)C(c2ccc(Cl)c(Cl)c2)=C1c1ccncc1. The van der Waals surface area contributed by atoms with Crippen molar-refractivity contribution in [1.29, 1.82) is 0 Å². The maximum atomic E-state index is 12.5. The Labute approximate surface area is 144 Å². The summed E-state index contributed by atoms with van der Waals surface area (Å²) < 4.78 is 0. The van der Waals surface area contributed by atoms with E-state index >= 15 is 0 Å². The maximum Gasteiger partial charge on any atom is 0.296 e. The lowest BCUT2D eigenvalue weighted by molar-refractivity contribution is -0.118. The fourth-order valence-corrected chi connectivity index (χ4v) is 2.78. The van der Waals surface area contributed by atoms with E-state index < -0.39 is 0 Å². The number of halogens is 2. The Kier molecular flexibility index (Phi) is 4.28. The number of rotatable bonds is 3. The van der Waals surface area contributed by atoms with Crippen LogP contribution in [0.4, 0.5) is 0 Å². The summed E-state index contributed by atoms with van der Waals surface area (Å²) in [5, 5.41) is 2.58. The van der Waals surface area contributed by atoms with Crippen molar-refractivity contribution in [2.24, 2.45) is 0 Å². The summed E-state index contributed by atoms with van der Waals surface area (Å²) >= 11 is 12.1. The van der Waals surface area contributed by atoms with Crippen LogP contribution < -0.4 is 5.43 Å². The van der Waals surface area contributed by atoms with Gasteiger partial charge in [-0.25, -0.2) is 0 Å². The van der Waals surface area contributed by atoms with Gasteiger partial charge in [0.2, 0.25) is 0 Å². The Morgan fingerprint density at radius 1 is 1.00 bits per heavy atom. The molecule has 0 aliphatic carbocycles. The average molecular weight is 347 g/mol. The second-order valence-electron chi connectivity index (χ2n) is 5.43. The summed E-state index contributed by atoms with van der Waals surface area (Å²) in [7, 11) is 0. The minimum absolute atomic E-state index is 0.0439. The molecule has 2 heterocycles. The molecular weight excluding hydrogens is 333 g/mol. The highest BCUT2D eigenvalue weighted by molar-refractivity contribution is 6.42. The summed E-state index contributed by atoms with van der Waals surface area (Å²) in [5.41, 5.74) is 7.03. The second kappa shape index (κ2) is 6.22. The molecule has 0 atom stereocenters. The molecule has 2 aromatic rings. The van der Waals surface area contributed by atoms with Gasteiger partial charge in [-0.2, -0.15) is 0 Å². The summed E-state index contributed by atoms with van der Waals surface area (Å²) in [6.45, 7) is 3.96. The first kappa shape index (κ1) is 15.8. The Morgan fingerprint density at radius 3 is 2.30 bits per heavy atom. The molecule has 1 amide bonds. The van der Waals surface area contributed by atoms with E-state index in [2.05, 4.69) is 10.4 Å². The highest BCUT2D eigenvalue weighted by Crippen LogP contribution is 2.37. The fraction of sp³-hybridized carbons (Fsp3) is 0.176. The first-order valence-electron chi connectivity index (χ1n) is 7.14. The lowest BCUT2D eigenvalue weighted by atomic mass is 10.00. The van der Waals surface area contributed by atoms with Crippen LogP contribution in [-0.2, 0) is 4.79 Å². The Hall–Kier alpha value is -2.04. The minimum Gasteiger partial charge on any atom is -0.265 e. The zero-order valence-corrected chi connectivity index (χ0v) is 14.1. The van der Waals surface area contributed by atoms with Crippen LogP contribution in [0.2, 0.25) is 10.0 Å². The molecule has 0 unspecified atom stereocenters. The third-order valence-electron chi connectivity index (χ3n) is 3.53. The fourth-order valence-electron chi connectivity index (χ4n) is 2.49. The van der Waals surface area contributed by atoms with Gasteiger partial charge in [0.1, 0.15) is 0 Å². The average Bonchev–Trinajstić information content (AvgIpc) is 2.88. The van der Waals surface area contributed by atoms with Crippen molar-refractivity contribution in [1.82, 2.24) is 15.4 Å². The lowest BCUT2D eigenvalue weighted by Crippen LogP contribution is -2.33. The Balaban J connectivity index is 2.23. The highest BCUT2D eigenvalue weighted by atomic mass is 35.5. The van der Waals surface area contributed by atoms with Crippen LogP contribution in [0.15, 0.2) is 42.7 Å². The van der Waals surface area contributed by atoms with Crippen molar-refractivity contribution in [3.63, 3.8) is 0 Å². The van der Waals surface area contributed by atoms with Crippen molar-refractivity contribution in [2.45, 2.75) is 19.9 Å². The molecule has 3 rings (SSSR count). The van der Waals surface area contributed by atoms with Gasteiger partial charge in [0, 0.05) is 24.0 Å². The molecule has 23 heavy (non-hydrogen) atoms. The lowest BCUT2D eigenvalue weighted by Gasteiger charge is -2.23. The van der Waals surface area contributed by atoms with Crippen molar-refractivity contribution >= 4 is 40.4 Å². The van der Waals surface area contributed by atoms with E-state index in [4.69, 9.17) is 23.2 Å². The summed E-state index contributed by atoms with van der Waals surface area (Å²) in [5.74, 6) is -0.288. The number of benzene rings is 1. The number of aromatic nitrogens is 1. The van der Waals surface area contributed by atoms with Crippen molar-refractivity contribution in [3.05, 3.63) is 63.9 Å². The van der Waals surface area contributed by atoms with E-state index in [-0.39, 0.29) is 11.9 Å². The van der Waals surface area contributed by atoms with Gasteiger partial charge in [-0.1, -0.05) is 29.3 Å². The maximum absolute atomic E-state index is 12.5. The number of nitrogens with zero attached hydrogens (tertiary/aromatic N) is 3. The van der Waals surface area contributed by atoms with Gasteiger partial charge < -0.3 is 0 Å². The zero-order chi connectivity index (χ0) is 16.6. The van der Waals surface area contributed by atoms with E-state index in [0.717, 1.165) is 11.3 Å². The number of pyridine rings is 1. The molecule has 1 aliphatic heterocycles. The molecule has 1 radical (unpaired) electrons. The van der Waals surface area contributed by atoms with E-state index in [9.17, 15) is 4.79 Å². The summed E-state index contributed by atoms with van der Waals surface area (Å²) in [6, 6.07) is 8.91. The van der Waals surface area contributed by atoms with Gasteiger partial charge in [-0.3, -0.25) is 14.8 Å². The molecule has 4 nitrogen and oxygen atoms in total. The highest BCUT2D eigenvalue weighted by Gasteiger charge is 2.35.